The standard InChI is InChI=1S/C15H21ClN2O3/c1-9(2)3-10(7-17)4-15(19)18-12-6-14-13(5-11(12)16)20-8-21-14/h5-6,9-10H,3-4,7-8,17H2,1-2H3,(H,18,19)/t10-/m0/s1. The van der Waals surface area contributed by atoms with Gasteiger partial charge in [0.25, 0.3) is 0 Å². The van der Waals surface area contributed by atoms with Crippen LogP contribution in [0.25, 0.3) is 0 Å². The van der Waals surface area contributed by atoms with Crippen LogP contribution in [0.4, 0.5) is 5.69 Å². The summed E-state index contributed by atoms with van der Waals surface area (Å²) in [6.45, 7) is 4.91. The minimum absolute atomic E-state index is 0.0909. The number of hydrogen-bond donors (Lipinski definition) is 2. The van der Waals surface area contributed by atoms with Crippen LogP contribution in [0.5, 0.6) is 11.5 Å². The van der Waals surface area contributed by atoms with Crippen molar-refractivity contribution in [2.24, 2.45) is 17.6 Å². The van der Waals surface area contributed by atoms with Gasteiger partial charge >= 0.3 is 0 Å². The Morgan fingerprint density at radius 2 is 2.05 bits per heavy atom. The molecule has 3 N–H and O–H groups in total. The highest BCUT2D eigenvalue weighted by Gasteiger charge is 2.19. The van der Waals surface area contributed by atoms with Gasteiger partial charge < -0.3 is 20.5 Å². The van der Waals surface area contributed by atoms with Gasteiger partial charge in [0.2, 0.25) is 12.7 Å². The van der Waals surface area contributed by atoms with Crippen molar-refractivity contribution < 1.29 is 14.3 Å². The van der Waals surface area contributed by atoms with Crippen LogP contribution in [0.2, 0.25) is 5.02 Å². The van der Waals surface area contributed by atoms with Crippen molar-refractivity contribution in [3.05, 3.63) is 17.2 Å². The van der Waals surface area contributed by atoms with E-state index in [-0.39, 0.29) is 18.6 Å². The van der Waals surface area contributed by atoms with E-state index in [4.69, 9.17) is 26.8 Å². The molecule has 0 radical (unpaired) electrons. The number of halogens is 1. The van der Waals surface area contributed by atoms with Crippen molar-refractivity contribution in [1.82, 2.24) is 0 Å². The number of carbonyl (C=O) groups excluding carboxylic acids is 1. The number of ether oxygens (including phenoxy) is 2. The Morgan fingerprint density at radius 1 is 1.38 bits per heavy atom. The van der Waals surface area contributed by atoms with Gasteiger partial charge in [0.15, 0.2) is 11.5 Å². The number of nitrogens with two attached hydrogens (primary N) is 1. The fourth-order valence-corrected chi connectivity index (χ4v) is 2.61. The highest BCUT2D eigenvalue weighted by Crippen LogP contribution is 2.39. The number of hydrogen-bond acceptors (Lipinski definition) is 4. The predicted octanol–water partition coefficient (Wildman–Crippen LogP) is 3.02. The molecule has 2 rings (SSSR count). The summed E-state index contributed by atoms with van der Waals surface area (Å²) in [5.41, 5.74) is 6.26. The van der Waals surface area contributed by atoms with Crippen molar-refractivity contribution >= 4 is 23.2 Å². The molecule has 5 nitrogen and oxygen atoms in total. The molecule has 21 heavy (non-hydrogen) atoms. The van der Waals surface area contributed by atoms with Gasteiger partial charge in [0, 0.05) is 18.6 Å². The molecule has 0 bridgehead atoms. The van der Waals surface area contributed by atoms with Gasteiger partial charge in [-0.25, -0.2) is 0 Å². The summed E-state index contributed by atoms with van der Waals surface area (Å²) < 4.78 is 10.5. The molecule has 0 spiro atoms. The molecule has 0 saturated heterocycles. The van der Waals surface area contributed by atoms with Crippen molar-refractivity contribution in [3.63, 3.8) is 0 Å². The molecule has 0 aliphatic carbocycles. The Kier molecular flexibility index (Phi) is 5.31. The number of nitrogens with one attached hydrogen (secondary N) is 1. The molecule has 1 aliphatic rings. The first-order valence-electron chi connectivity index (χ1n) is 7.08. The van der Waals surface area contributed by atoms with Gasteiger partial charge in [0.1, 0.15) is 0 Å². The summed E-state index contributed by atoms with van der Waals surface area (Å²) in [5, 5.41) is 3.25. The zero-order valence-electron chi connectivity index (χ0n) is 12.3. The number of carbonyl (C=O) groups is 1. The number of fused-ring (bicyclic) bond motifs is 1. The van der Waals surface area contributed by atoms with E-state index in [0.29, 0.717) is 41.1 Å². The van der Waals surface area contributed by atoms with E-state index in [1.54, 1.807) is 12.1 Å². The van der Waals surface area contributed by atoms with E-state index in [0.717, 1.165) is 6.42 Å². The topological polar surface area (TPSA) is 73.6 Å². The second-order valence-electron chi connectivity index (χ2n) is 5.67. The van der Waals surface area contributed by atoms with Crippen molar-refractivity contribution in [2.45, 2.75) is 26.7 Å². The molecular weight excluding hydrogens is 292 g/mol. The second-order valence-corrected chi connectivity index (χ2v) is 6.08. The number of anilines is 1. The third-order valence-corrected chi connectivity index (χ3v) is 3.66. The molecule has 1 aromatic carbocycles. The molecule has 0 fully saturated rings. The Hall–Kier alpha value is -1.46. The maximum Gasteiger partial charge on any atom is 0.231 e. The summed E-state index contributed by atoms with van der Waals surface area (Å²) in [5.74, 6) is 1.79. The van der Waals surface area contributed by atoms with Gasteiger partial charge in [-0.2, -0.15) is 0 Å². The minimum atomic E-state index is -0.0909. The Balaban J connectivity index is 1.99. The maximum atomic E-state index is 12.1. The van der Waals surface area contributed by atoms with E-state index < -0.39 is 0 Å². The summed E-state index contributed by atoms with van der Waals surface area (Å²) in [6, 6.07) is 3.33. The average Bonchev–Trinajstić information content (AvgIpc) is 2.84. The molecule has 6 heteroatoms. The number of benzene rings is 1. The molecule has 1 heterocycles. The van der Waals surface area contributed by atoms with Gasteiger partial charge in [-0.05, 0) is 24.8 Å². The first-order valence-corrected chi connectivity index (χ1v) is 7.46. The maximum absolute atomic E-state index is 12.1. The SMILES string of the molecule is CC(C)C[C@H](CN)CC(=O)Nc1cc2c(cc1Cl)OCO2. The third-order valence-electron chi connectivity index (χ3n) is 3.35. The van der Waals surface area contributed by atoms with Gasteiger partial charge in [0.05, 0.1) is 10.7 Å². The molecule has 0 unspecified atom stereocenters. The Bertz CT molecular complexity index is 520. The summed E-state index contributed by atoms with van der Waals surface area (Å²) in [4.78, 5) is 12.1. The molecule has 116 valence electrons. The largest absolute Gasteiger partial charge is 0.454 e. The van der Waals surface area contributed by atoms with Gasteiger partial charge in [-0.15, -0.1) is 0 Å². The quantitative estimate of drug-likeness (QED) is 0.847. The lowest BCUT2D eigenvalue weighted by Crippen LogP contribution is -2.23. The van der Waals surface area contributed by atoms with Crippen LogP contribution in [0.1, 0.15) is 26.7 Å². The van der Waals surface area contributed by atoms with Crippen LogP contribution in [0.15, 0.2) is 12.1 Å². The molecule has 1 amide bonds. The van der Waals surface area contributed by atoms with Crippen molar-refractivity contribution in [2.75, 3.05) is 18.7 Å². The summed E-state index contributed by atoms with van der Waals surface area (Å²) in [6.07, 6.45) is 1.32. The van der Waals surface area contributed by atoms with Crippen molar-refractivity contribution in [3.8, 4) is 11.5 Å². The van der Waals surface area contributed by atoms with Crippen LogP contribution in [-0.4, -0.2) is 19.2 Å². The summed E-state index contributed by atoms with van der Waals surface area (Å²) >= 11 is 6.13. The molecule has 0 aromatic heterocycles. The molecular formula is C15H21ClN2O3. The minimum Gasteiger partial charge on any atom is -0.454 e. The molecule has 1 atom stereocenters. The highest BCUT2D eigenvalue weighted by molar-refractivity contribution is 6.34. The highest BCUT2D eigenvalue weighted by atomic mass is 35.5. The molecule has 1 aliphatic heterocycles. The van der Waals surface area contributed by atoms with Crippen LogP contribution >= 0.6 is 11.6 Å². The fourth-order valence-electron chi connectivity index (χ4n) is 2.41. The van der Waals surface area contributed by atoms with Crippen LogP contribution < -0.4 is 20.5 Å². The van der Waals surface area contributed by atoms with Gasteiger partial charge in [-0.3, -0.25) is 4.79 Å². The fraction of sp³-hybridized carbons (Fsp3) is 0.533. The summed E-state index contributed by atoms with van der Waals surface area (Å²) in [7, 11) is 0. The lowest BCUT2D eigenvalue weighted by molar-refractivity contribution is -0.117. The lowest BCUT2D eigenvalue weighted by atomic mass is 9.94. The zero-order chi connectivity index (χ0) is 15.4. The van der Waals surface area contributed by atoms with E-state index >= 15 is 0 Å². The first-order chi connectivity index (χ1) is 9.99. The third kappa shape index (κ3) is 4.25. The van der Waals surface area contributed by atoms with Crippen LogP contribution in [0, 0.1) is 11.8 Å². The monoisotopic (exact) mass is 312 g/mol. The lowest BCUT2D eigenvalue weighted by Gasteiger charge is -2.17. The smallest absolute Gasteiger partial charge is 0.231 e. The van der Waals surface area contributed by atoms with E-state index in [2.05, 4.69) is 19.2 Å². The van der Waals surface area contributed by atoms with Crippen molar-refractivity contribution in [1.29, 1.82) is 0 Å². The molecule has 0 saturated carbocycles. The normalized spacial score (nSPS) is 14.3. The number of amides is 1. The number of rotatable bonds is 6. The Morgan fingerprint density at radius 3 is 2.67 bits per heavy atom. The van der Waals surface area contributed by atoms with E-state index in [1.807, 2.05) is 0 Å². The van der Waals surface area contributed by atoms with Crippen LogP contribution in [-0.2, 0) is 4.79 Å². The van der Waals surface area contributed by atoms with E-state index in [1.165, 1.54) is 0 Å². The second kappa shape index (κ2) is 7.00. The average molecular weight is 313 g/mol. The predicted molar refractivity (Wildman–Crippen MR) is 82.8 cm³/mol. The molecule has 1 aromatic rings. The van der Waals surface area contributed by atoms with Crippen LogP contribution in [0.3, 0.4) is 0 Å². The van der Waals surface area contributed by atoms with E-state index in [9.17, 15) is 4.79 Å². The zero-order valence-corrected chi connectivity index (χ0v) is 13.1. The van der Waals surface area contributed by atoms with Gasteiger partial charge in [-0.1, -0.05) is 25.4 Å². The Labute approximate surface area is 129 Å². The first kappa shape index (κ1) is 15.9.